The Morgan fingerprint density at radius 3 is 1.14 bits per heavy atom. The van der Waals surface area contributed by atoms with Gasteiger partial charge in [-0.15, -0.1) is 0 Å². The molecule has 0 saturated carbocycles. The van der Waals surface area contributed by atoms with Gasteiger partial charge in [-0.1, -0.05) is 118 Å². The van der Waals surface area contributed by atoms with Crippen LogP contribution in [-0.4, -0.2) is 34.6 Å². The van der Waals surface area contributed by atoms with E-state index in [9.17, 15) is 10.2 Å². The van der Waals surface area contributed by atoms with E-state index in [4.69, 9.17) is 4.74 Å². The molecule has 0 aromatic heterocycles. The molecule has 0 aromatic carbocycles. The van der Waals surface area contributed by atoms with Crippen LogP contribution in [0.25, 0.3) is 0 Å². The molecule has 0 fully saturated rings. The minimum absolute atomic E-state index is 0.127. The summed E-state index contributed by atoms with van der Waals surface area (Å²) in [7, 11) is 0. The van der Waals surface area contributed by atoms with Gasteiger partial charge in [0.2, 0.25) is 0 Å². The maximum Gasteiger partial charge on any atom is 0.0839 e. The van der Waals surface area contributed by atoms with E-state index >= 15 is 0 Å². The number of hydrogen-bond donors (Lipinski definition) is 2. The smallest absolute Gasteiger partial charge is 0.0839 e. The molecule has 0 spiro atoms. The van der Waals surface area contributed by atoms with E-state index in [0.717, 1.165) is 51.4 Å². The third-order valence-electron chi connectivity index (χ3n) is 6.06. The first-order valence-corrected chi connectivity index (χ1v) is 13.1. The SMILES string of the molecule is CCCCCCCCC(OC(CCCCCCCC)C(O)CCC)C(O)CCC. The van der Waals surface area contributed by atoms with Crippen molar-refractivity contribution >= 4 is 0 Å². The van der Waals surface area contributed by atoms with Gasteiger partial charge in [0.05, 0.1) is 24.4 Å². The summed E-state index contributed by atoms with van der Waals surface area (Å²) in [6.45, 7) is 8.72. The fraction of sp³-hybridized carbons (Fsp3) is 1.00. The first-order valence-electron chi connectivity index (χ1n) is 13.1. The Balaban J connectivity index is 4.61. The lowest BCUT2D eigenvalue weighted by Crippen LogP contribution is -2.38. The van der Waals surface area contributed by atoms with Gasteiger partial charge in [-0.05, 0) is 25.7 Å². The monoisotopic (exact) mass is 414 g/mol. The fourth-order valence-corrected chi connectivity index (χ4v) is 4.14. The maximum atomic E-state index is 10.7. The van der Waals surface area contributed by atoms with Crippen molar-refractivity contribution in [1.82, 2.24) is 0 Å². The standard InChI is InChI=1S/C26H54O3/c1-5-9-11-13-15-17-21-25(23(27)19-7-3)29-26(24(28)20-8-4)22-18-16-14-12-10-6-2/h23-28H,5-22H2,1-4H3. The number of unbranched alkanes of at least 4 members (excludes halogenated alkanes) is 10. The number of aliphatic hydroxyl groups is 2. The van der Waals surface area contributed by atoms with E-state index < -0.39 is 12.2 Å². The van der Waals surface area contributed by atoms with Crippen molar-refractivity contribution in [3.8, 4) is 0 Å². The molecule has 3 heteroatoms. The van der Waals surface area contributed by atoms with Crippen LogP contribution in [-0.2, 0) is 4.74 Å². The summed E-state index contributed by atoms with van der Waals surface area (Å²) in [6.07, 6.45) is 19.3. The Bertz CT molecular complexity index is 291. The van der Waals surface area contributed by atoms with E-state index in [2.05, 4.69) is 27.7 Å². The molecule has 0 saturated heterocycles. The van der Waals surface area contributed by atoms with Gasteiger partial charge in [-0.2, -0.15) is 0 Å². The van der Waals surface area contributed by atoms with E-state index in [-0.39, 0.29) is 12.2 Å². The molecule has 4 atom stereocenters. The van der Waals surface area contributed by atoms with Gasteiger partial charge in [0.15, 0.2) is 0 Å². The highest BCUT2D eigenvalue weighted by Crippen LogP contribution is 2.23. The quantitative estimate of drug-likeness (QED) is 0.180. The second-order valence-electron chi connectivity index (χ2n) is 9.04. The molecule has 0 aliphatic carbocycles. The molecule has 0 radical (unpaired) electrons. The Labute approximate surface area is 183 Å². The van der Waals surface area contributed by atoms with Crippen molar-refractivity contribution in [2.45, 2.75) is 168 Å². The zero-order valence-electron chi connectivity index (χ0n) is 20.3. The summed E-state index contributed by atoms with van der Waals surface area (Å²) in [6, 6.07) is 0. The van der Waals surface area contributed by atoms with Crippen LogP contribution in [0, 0.1) is 0 Å². The first-order chi connectivity index (χ1) is 14.1. The molecule has 3 nitrogen and oxygen atoms in total. The van der Waals surface area contributed by atoms with Crippen molar-refractivity contribution in [2.24, 2.45) is 0 Å². The van der Waals surface area contributed by atoms with Gasteiger partial charge in [0.1, 0.15) is 0 Å². The molecule has 0 aliphatic rings. The molecule has 0 rings (SSSR count). The third-order valence-corrected chi connectivity index (χ3v) is 6.06. The Morgan fingerprint density at radius 2 is 0.793 bits per heavy atom. The Morgan fingerprint density at radius 1 is 0.448 bits per heavy atom. The van der Waals surface area contributed by atoms with Crippen LogP contribution in [0.1, 0.15) is 143 Å². The van der Waals surface area contributed by atoms with Crippen LogP contribution in [0.15, 0.2) is 0 Å². The highest BCUT2D eigenvalue weighted by Gasteiger charge is 2.27. The van der Waals surface area contributed by atoms with Crippen molar-refractivity contribution in [3.05, 3.63) is 0 Å². The van der Waals surface area contributed by atoms with Gasteiger partial charge in [-0.25, -0.2) is 0 Å². The van der Waals surface area contributed by atoms with Crippen LogP contribution in [0.4, 0.5) is 0 Å². The third kappa shape index (κ3) is 16.3. The lowest BCUT2D eigenvalue weighted by atomic mass is 9.98. The maximum absolute atomic E-state index is 10.7. The minimum atomic E-state index is -0.406. The van der Waals surface area contributed by atoms with Crippen LogP contribution >= 0.6 is 0 Å². The van der Waals surface area contributed by atoms with Crippen molar-refractivity contribution in [3.63, 3.8) is 0 Å². The summed E-state index contributed by atoms with van der Waals surface area (Å²) in [5.74, 6) is 0. The van der Waals surface area contributed by atoms with Crippen molar-refractivity contribution in [1.29, 1.82) is 0 Å². The fourth-order valence-electron chi connectivity index (χ4n) is 4.14. The zero-order chi connectivity index (χ0) is 21.7. The molecule has 2 N–H and O–H groups in total. The van der Waals surface area contributed by atoms with Gasteiger partial charge in [0.25, 0.3) is 0 Å². The molecule has 0 aliphatic heterocycles. The second kappa shape index (κ2) is 21.1. The number of rotatable bonds is 22. The van der Waals surface area contributed by atoms with E-state index in [1.54, 1.807) is 0 Å². The van der Waals surface area contributed by atoms with Gasteiger partial charge in [0, 0.05) is 0 Å². The number of hydrogen-bond acceptors (Lipinski definition) is 3. The predicted octanol–water partition coefficient (Wildman–Crippen LogP) is 7.56. The Hall–Kier alpha value is -0.120. The zero-order valence-corrected chi connectivity index (χ0v) is 20.3. The topological polar surface area (TPSA) is 49.7 Å². The van der Waals surface area contributed by atoms with Gasteiger partial charge < -0.3 is 14.9 Å². The van der Waals surface area contributed by atoms with Crippen LogP contribution in [0.5, 0.6) is 0 Å². The lowest BCUT2D eigenvalue weighted by molar-refractivity contribution is -0.125. The molecule has 0 amide bonds. The summed E-state index contributed by atoms with van der Waals surface area (Å²) in [5.41, 5.74) is 0. The summed E-state index contributed by atoms with van der Waals surface area (Å²) >= 11 is 0. The molecule has 0 heterocycles. The molecule has 29 heavy (non-hydrogen) atoms. The summed E-state index contributed by atoms with van der Waals surface area (Å²) in [4.78, 5) is 0. The summed E-state index contributed by atoms with van der Waals surface area (Å²) < 4.78 is 6.43. The van der Waals surface area contributed by atoms with Crippen LogP contribution in [0.3, 0.4) is 0 Å². The normalized spacial score (nSPS) is 15.9. The number of aliphatic hydroxyl groups excluding tert-OH is 2. The van der Waals surface area contributed by atoms with E-state index in [1.807, 2.05) is 0 Å². The van der Waals surface area contributed by atoms with Crippen molar-refractivity contribution < 1.29 is 14.9 Å². The Kier molecular flexibility index (Phi) is 21.0. The van der Waals surface area contributed by atoms with Crippen LogP contribution < -0.4 is 0 Å². The molecule has 0 aromatic rings. The molecular formula is C26H54O3. The average Bonchev–Trinajstić information content (AvgIpc) is 2.71. The minimum Gasteiger partial charge on any atom is -0.390 e. The van der Waals surface area contributed by atoms with E-state index in [1.165, 1.54) is 64.2 Å². The summed E-state index contributed by atoms with van der Waals surface area (Å²) in [5, 5.41) is 21.3. The largest absolute Gasteiger partial charge is 0.390 e. The second-order valence-corrected chi connectivity index (χ2v) is 9.04. The molecule has 0 bridgehead atoms. The van der Waals surface area contributed by atoms with Crippen LogP contribution in [0.2, 0.25) is 0 Å². The van der Waals surface area contributed by atoms with Gasteiger partial charge >= 0.3 is 0 Å². The number of ether oxygens (including phenoxy) is 1. The molecule has 4 unspecified atom stereocenters. The highest BCUT2D eigenvalue weighted by atomic mass is 16.5. The molecule has 176 valence electrons. The van der Waals surface area contributed by atoms with Gasteiger partial charge in [-0.3, -0.25) is 0 Å². The van der Waals surface area contributed by atoms with Crippen molar-refractivity contribution in [2.75, 3.05) is 0 Å². The molecular weight excluding hydrogens is 360 g/mol. The highest BCUT2D eigenvalue weighted by molar-refractivity contribution is 4.76. The van der Waals surface area contributed by atoms with E-state index in [0.29, 0.717) is 0 Å². The predicted molar refractivity (Wildman–Crippen MR) is 126 cm³/mol. The first kappa shape index (κ1) is 28.9. The lowest BCUT2D eigenvalue weighted by Gasteiger charge is -2.31. The average molecular weight is 415 g/mol.